The number of nitrogens with one attached hydrogen (secondary N) is 1. The largest absolute Gasteiger partial charge is 0.313 e. The van der Waals surface area contributed by atoms with Crippen molar-refractivity contribution in [1.29, 1.82) is 0 Å². The van der Waals surface area contributed by atoms with E-state index in [1.807, 2.05) is 30.5 Å². The second-order valence-corrected chi connectivity index (χ2v) is 9.48. The monoisotopic (exact) mass is 431 g/mol. The lowest BCUT2D eigenvalue weighted by Crippen LogP contribution is -2.54. The molecule has 2 aromatic heterocycles. The molecule has 0 aliphatic carbocycles. The third-order valence-corrected chi connectivity index (χ3v) is 6.56. The third kappa shape index (κ3) is 5.31. The first-order valence-electron chi connectivity index (χ1n) is 12.3. The summed E-state index contributed by atoms with van der Waals surface area (Å²) in [5.74, 6) is 0.123. The van der Waals surface area contributed by atoms with E-state index in [0.29, 0.717) is 12.1 Å². The molecule has 4 nitrogen and oxygen atoms in total. The molecule has 0 amide bonds. The minimum Gasteiger partial charge on any atom is -0.313 e. The average Bonchev–Trinajstić information content (AvgIpc) is 3.15. The van der Waals surface area contributed by atoms with Crippen molar-refractivity contribution in [3.63, 3.8) is 0 Å². The number of aromatic nitrogens is 1. The fourth-order valence-electron chi connectivity index (χ4n) is 5.08. The van der Waals surface area contributed by atoms with Crippen molar-refractivity contribution >= 4 is 11.3 Å². The summed E-state index contributed by atoms with van der Waals surface area (Å²) in [6.45, 7) is 10.1. The van der Waals surface area contributed by atoms with E-state index >= 15 is 0 Å². The van der Waals surface area contributed by atoms with Gasteiger partial charge in [-0.2, -0.15) is 0 Å². The Labute approximate surface area is 192 Å². The van der Waals surface area contributed by atoms with Gasteiger partial charge in [0, 0.05) is 42.5 Å². The van der Waals surface area contributed by atoms with Gasteiger partial charge >= 0.3 is 0 Å². The molecule has 1 saturated heterocycles. The molecule has 1 N–H and O–H groups in total. The molecule has 0 saturated carbocycles. The molecule has 0 spiro atoms. The van der Waals surface area contributed by atoms with E-state index in [9.17, 15) is 4.79 Å². The Balaban J connectivity index is 1.42. The SMILES string of the molecule is CCCCc1cc2ccccn2c1C(=O)c1ccc(CCCN2CC(C)NC(C)C2)cc1. The number of nitrogens with zero attached hydrogens (tertiary/aromatic N) is 2. The average molecular weight is 432 g/mol. The molecule has 2 atom stereocenters. The van der Waals surface area contributed by atoms with Gasteiger partial charge in [-0.1, -0.05) is 43.7 Å². The molecule has 170 valence electrons. The van der Waals surface area contributed by atoms with Crippen LogP contribution in [0.3, 0.4) is 0 Å². The van der Waals surface area contributed by atoms with Gasteiger partial charge < -0.3 is 14.6 Å². The van der Waals surface area contributed by atoms with Gasteiger partial charge in [-0.05, 0) is 75.4 Å². The van der Waals surface area contributed by atoms with Crippen LogP contribution in [0.2, 0.25) is 0 Å². The highest BCUT2D eigenvalue weighted by Crippen LogP contribution is 2.22. The molecule has 1 aromatic carbocycles. The molecule has 1 aliphatic heterocycles. The molecule has 1 fully saturated rings. The second-order valence-electron chi connectivity index (χ2n) is 9.48. The molecule has 0 bridgehead atoms. The maximum Gasteiger partial charge on any atom is 0.210 e. The van der Waals surface area contributed by atoms with Crippen LogP contribution in [0.15, 0.2) is 54.7 Å². The number of aryl methyl sites for hydroxylation is 2. The standard InChI is InChI=1S/C28H37N3O/c1-4-5-10-25-18-26-11-6-7-17-31(26)27(25)28(32)24-14-12-23(13-15-24)9-8-16-30-19-21(2)29-22(3)20-30/h6-7,11-15,17-18,21-22,29H,4-5,8-10,16,19-20H2,1-3H3. The zero-order chi connectivity index (χ0) is 22.5. The number of hydrogen-bond donors (Lipinski definition) is 1. The van der Waals surface area contributed by atoms with Crippen molar-refractivity contribution in [3.05, 3.63) is 77.1 Å². The van der Waals surface area contributed by atoms with Crippen LogP contribution in [0.25, 0.3) is 5.52 Å². The van der Waals surface area contributed by atoms with Gasteiger partial charge in [0.15, 0.2) is 0 Å². The van der Waals surface area contributed by atoms with Crippen LogP contribution in [0.5, 0.6) is 0 Å². The zero-order valence-electron chi connectivity index (χ0n) is 19.8. The van der Waals surface area contributed by atoms with Gasteiger partial charge in [0.25, 0.3) is 0 Å². The van der Waals surface area contributed by atoms with Crippen LogP contribution in [0, 0.1) is 0 Å². The molecular weight excluding hydrogens is 394 g/mol. The van der Waals surface area contributed by atoms with Gasteiger partial charge in [-0.25, -0.2) is 0 Å². The van der Waals surface area contributed by atoms with E-state index < -0.39 is 0 Å². The number of ketones is 1. The number of carbonyl (C=O) groups excluding carboxylic acids is 1. The highest BCUT2D eigenvalue weighted by Gasteiger charge is 2.21. The van der Waals surface area contributed by atoms with Gasteiger partial charge in [-0.3, -0.25) is 4.79 Å². The molecule has 4 heteroatoms. The Bertz CT molecular complexity index is 1030. The molecular formula is C28H37N3O. The number of fused-ring (bicyclic) bond motifs is 1. The summed E-state index contributed by atoms with van der Waals surface area (Å²) in [5, 5.41) is 3.60. The third-order valence-electron chi connectivity index (χ3n) is 6.56. The van der Waals surface area contributed by atoms with E-state index in [1.54, 1.807) is 0 Å². The van der Waals surface area contributed by atoms with Crippen LogP contribution in [-0.2, 0) is 12.8 Å². The minimum absolute atomic E-state index is 0.123. The Kier molecular flexibility index (Phi) is 7.44. The zero-order valence-corrected chi connectivity index (χ0v) is 19.8. The summed E-state index contributed by atoms with van der Waals surface area (Å²) >= 11 is 0. The van der Waals surface area contributed by atoms with E-state index in [4.69, 9.17) is 0 Å². The lowest BCUT2D eigenvalue weighted by Gasteiger charge is -2.36. The van der Waals surface area contributed by atoms with E-state index in [-0.39, 0.29) is 5.78 Å². The number of rotatable bonds is 9. The number of pyridine rings is 1. The Morgan fingerprint density at radius 3 is 2.47 bits per heavy atom. The van der Waals surface area contributed by atoms with E-state index in [1.165, 1.54) is 5.56 Å². The minimum atomic E-state index is 0.123. The highest BCUT2D eigenvalue weighted by atomic mass is 16.1. The predicted molar refractivity (Wildman–Crippen MR) is 133 cm³/mol. The Morgan fingerprint density at radius 2 is 1.75 bits per heavy atom. The van der Waals surface area contributed by atoms with Crippen LogP contribution in [-0.4, -0.2) is 46.8 Å². The summed E-state index contributed by atoms with van der Waals surface area (Å²) in [6.07, 6.45) is 7.38. The molecule has 2 unspecified atom stereocenters. The van der Waals surface area contributed by atoms with Gasteiger partial charge in [0.2, 0.25) is 5.78 Å². The van der Waals surface area contributed by atoms with Crippen molar-refractivity contribution < 1.29 is 4.79 Å². The normalized spacial score (nSPS) is 19.5. The molecule has 3 aromatic rings. The Morgan fingerprint density at radius 1 is 1.00 bits per heavy atom. The number of hydrogen-bond acceptors (Lipinski definition) is 3. The van der Waals surface area contributed by atoms with Crippen molar-refractivity contribution in [2.45, 2.75) is 65.0 Å². The summed E-state index contributed by atoms with van der Waals surface area (Å²) in [4.78, 5) is 16.0. The smallest absolute Gasteiger partial charge is 0.210 e. The summed E-state index contributed by atoms with van der Waals surface area (Å²) in [7, 11) is 0. The van der Waals surface area contributed by atoms with Gasteiger partial charge in [0.05, 0.1) is 5.69 Å². The van der Waals surface area contributed by atoms with Crippen LogP contribution < -0.4 is 5.32 Å². The first-order chi connectivity index (χ1) is 15.5. The molecule has 1 aliphatic rings. The predicted octanol–water partition coefficient (Wildman–Crippen LogP) is 5.13. The number of benzene rings is 1. The summed E-state index contributed by atoms with van der Waals surface area (Å²) in [6, 6.07) is 17.7. The topological polar surface area (TPSA) is 36.8 Å². The van der Waals surface area contributed by atoms with Gasteiger partial charge in [-0.15, -0.1) is 0 Å². The fraction of sp³-hybridized carbons (Fsp3) is 0.464. The maximum atomic E-state index is 13.5. The van der Waals surface area contributed by atoms with Crippen molar-refractivity contribution in [2.75, 3.05) is 19.6 Å². The molecule has 4 rings (SSSR count). The quantitative estimate of drug-likeness (QED) is 0.477. The van der Waals surface area contributed by atoms with Crippen LogP contribution in [0.4, 0.5) is 0 Å². The number of piperazine rings is 1. The highest BCUT2D eigenvalue weighted by molar-refractivity contribution is 6.09. The fourth-order valence-corrected chi connectivity index (χ4v) is 5.08. The van der Waals surface area contributed by atoms with Crippen molar-refractivity contribution in [2.24, 2.45) is 0 Å². The Hall–Kier alpha value is -2.43. The molecule has 0 radical (unpaired) electrons. The summed E-state index contributed by atoms with van der Waals surface area (Å²) < 4.78 is 2.05. The van der Waals surface area contributed by atoms with Gasteiger partial charge in [0.1, 0.15) is 0 Å². The summed E-state index contributed by atoms with van der Waals surface area (Å²) in [5.41, 5.74) is 5.16. The molecule has 3 heterocycles. The first kappa shape index (κ1) is 22.8. The van der Waals surface area contributed by atoms with E-state index in [0.717, 1.165) is 74.1 Å². The molecule has 32 heavy (non-hydrogen) atoms. The van der Waals surface area contributed by atoms with Crippen LogP contribution >= 0.6 is 0 Å². The second kappa shape index (κ2) is 10.5. The lowest BCUT2D eigenvalue weighted by atomic mass is 10.00. The van der Waals surface area contributed by atoms with Crippen molar-refractivity contribution in [3.8, 4) is 0 Å². The van der Waals surface area contributed by atoms with Crippen molar-refractivity contribution in [1.82, 2.24) is 14.6 Å². The lowest BCUT2D eigenvalue weighted by molar-refractivity contribution is 0.103. The maximum absolute atomic E-state index is 13.5. The number of unbranched alkanes of at least 4 members (excludes halogenated alkanes) is 1. The van der Waals surface area contributed by atoms with Crippen LogP contribution in [0.1, 0.15) is 67.2 Å². The van der Waals surface area contributed by atoms with E-state index in [2.05, 4.69) is 59.7 Å². The number of carbonyl (C=O) groups is 1. The first-order valence-corrected chi connectivity index (χ1v) is 12.3.